The Balaban J connectivity index is 1.38. The van der Waals surface area contributed by atoms with Gasteiger partial charge in [-0.3, -0.25) is 9.69 Å². The van der Waals surface area contributed by atoms with Crippen molar-refractivity contribution in [1.29, 1.82) is 0 Å². The van der Waals surface area contributed by atoms with E-state index in [1.165, 1.54) is 5.56 Å². The maximum atomic E-state index is 12.6. The van der Waals surface area contributed by atoms with Crippen molar-refractivity contribution in [2.75, 3.05) is 29.9 Å². The van der Waals surface area contributed by atoms with Gasteiger partial charge in [-0.15, -0.1) is 0 Å². The first-order valence-corrected chi connectivity index (χ1v) is 9.59. The maximum Gasteiger partial charge on any atom is 0.238 e. The Morgan fingerprint density at radius 1 is 1.11 bits per heavy atom. The van der Waals surface area contributed by atoms with Crippen LogP contribution in [0.1, 0.15) is 28.8 Å². The van der Waals surface area contributed by atoms with E-state index in [9.17, 15) is 4.79 Å². The molecule has 6 heteroatoms. The summed E-state index contributed by atoms with van der Waals surface area (Å²) in [5, 5.41) is 3.08. The van der Waals surface area contributed by atoms with E-state index in [4.69, 9.17) is 0 Å². The Morgan fingerprint density at radius 3 is 2.59 bits per heavy atom. The van der Waals surface area contributed by atoms with Crippen LogP contribution in [0, 0.1) is 27.7 Å². The highest BCUT2D eigenvalue weighted by atomic mass is 16.2. The summed E-state index contributed by atoms with van der Waals surface area (Å²) in [4.78, 5) is 26.0. The lowest BCUT2D eigenvalue weighted by atomic mass is 9.87. The molecule has 0 radical (unpaired) electrons. The number of piperazine rings is 1. The van der Waals surface area contributed by atoms with Crippen molar-refractivity contribution in [2.24, 2.45) is 0 Å². The van der Waals surface area contributed by atoms with Gasteiger partial charge in [-0.25, -0.2) is 9.97 Å². The van der Waals surface area contributed by atoms with Crippen LogP contribution in [-0.2, 0) is 4.79 Å². The molecule has 0 spiro atoms. The summed E-state index contributed by atoms with van der Waals surface area (Å²) in [5.74, 6) is 1.11. The summed E-state index contributed by atoms with van der Waals surface area (Å²) in [5.41, 5.74) is 5.43. The molecule has 4 heterocycles. The number of hydrogen-bond donors (Lipinski definition) is 1. The van der Waals surface area contributed by atoms with Gasteiger partial charge in [-0.2, -0.15) is 0 Å². The van der Waals surface area contributed by atoms with Gasteiger partial charge in [0.1, 0.15) is 12.1 Å². The zero-order valence-electron chi connectivity index (χ0n) is 16.5. The Kier molecular flexibility index (Phi) is 4.60. The average molecular weight is 365 g/mol. The Morgan fingerprint density at radius 2 is 1.85 bits per heavy atom. The van der Waals surface area contributed by atoms with Crippen molar-refractivity contribution in [3.8, 4) is 0 Å². The van der Waals surface area contributed by atoms with Gasteiger partial charge in [0, 0.05) is 42.1 Å². The van der Waals surface area contributed by atoms with E-state index < -0.39 is 0 Å². The summed E-state index contributed by atoms with van der Waals surface area (Å²) in [6.45, 7) is 10.5. The number of rotatable bonds is 4. The van der Waals surface area contributed by atoms with Gasteiger partial charge in [-0.05, 0) is 51.3 Å². The highest BCUT2D eigenvalue weighted by Crippen LogP contribution is 2.35. The molecule has 142 valence electrons. The Hall–Kier alpha value is -2.47. The molecule has 2 unspecified atom stereocenters. The molecule has 3 aliphatic heterocycles. The minimum absolute atomic E-state index is 0.0703. The van der Waals surface area contributed by atoms with Crippen LogP contribution in [0.5, 0.6) is 0 Å². The number of hydrogen-bond acceptors (Lipinski definition) is 5. The van der Waals surface area contributed by atoms with Crippen LogP contribution < -0.4 is 10.2 Å². The summed E-state index contributed by atoms with van der Waals surface area (Å²) in [6.07, 6.45) is 2.81. The van der Waals surface area contributed by atoms with Crippen molar-refractivity contribution < 1.29 is 4.79 Å². The Bertz CT molecular complexity index is 869. The van der Waals surface area contributed by atoms with Crippen LogP contribution >= 0.6 is 0 Å². The lowest BCUT2D eigenvalue weighted by molar-refractivity contribution is -0.121. The van der Waals surface area contributed by atoms with Crippen molar-refractivity contribution >= 4 is 17.4 Å². The van der Waals surface area contributed by atoms with Crippen molar-refractivity contribution in [3.63, 3.8) is 0 Å². The summed E-state index contributed by atoms with van der Waals surface area (Å²) >= 11 is 0. The monoisotopic (exact) mass is 365 g/mol. The van der Waals surface area contributed by atoms with Crippen LogP contribution in [0.2, 0.25) is 0 Å². The second-order valence-corrected chi connectivity index (χ2v) is 7.82. The van der Waals surface area contributed by atoms with E-state index in [1.807, 2.05) is 26.0 Å². The molecule has 1 aromatic heterocycles. The highest BCUT2D eigenvalue weighted by molar-refractivity contribution is 5.93. The fourth-order valence-corrected chi connectivity index (χ4v) is 4.20. The Labute approximate surface area is 160 Å². The molecule has 6 nitrogen and oxygen atoms in total. The summed E-state index contributed by atoms with van der Waals surface area (Å²) in [7, 11) is 0. The number of amides is 1. The molecule has 2 bridgehead atoms. The number of nitrogens with zero attached hydrogens (tertiary/aromatic N) is 4. The largest absolute Gasteiger partial charge is 0.353 e. The average Bonchev–Trinajstić information content (AvgIpc) is 2.66. The van der Waals surface area contributed by atoms with Gasteiger partial charge < -0.3 is 10.2 Å². The number of carbonyl (C=O) groups excluding carboxylic acids is 1. The van der Waals surface area contributed by atoms with Gasteiger partial charge in [0.25, 0.3) is 0 Å². The molecule has 1 aromatic carbocycles. The molecular weight excluding hydrogens is 338 g/mol. The van der Waals surface area contributed by atoms with Crippen molar-refractivity contribution in [2.45, 2.75) is 46.2 Å². The number of piperidine rings is 1. The van der Waals surface area contributed by atoms with E-state index in [0.717, 1.165) is 47.8 Å². The molecule has 1 amide bonds. The zero-order chi connectivity index (χ0) is 19.1. The first kappa shape index (κ1) is 17.9. The topological polar surface area (TPSA) is 61.4 Å². The van der Waals surface area contributed by atoms with E-state index in [-0.39, 0.29) is 5.91 Å². The van der Waals surface area contributed by atoms with Crippen molar-refractivity contribution in [1.82, 2.24) is 14.9 Å². The van der Waals surface area contributed by atoms with Gasteiger partial charge in [-0.1, -0.05) is 12.1 Å². The molecule has 0 saturated carbocycles. The van der Waals surface area contributed by atoms with Crippen molar-refractivity contribution in [3.05, 3.63) is 46.9 Å². The van der Waals surface area contributed by atoms with E-state index in [2.05, 4.69) is 45.0 Å². The fraction of sp³-hybridized carbons (Fsp3) is 0.476. The van der Waals surface area contributed by atoms with E-state index in [1.54, 1.807) is 6.33 Å². The SMILES string of the molecule is Cc1cccc(NC(=O)CN2C3CC2CN(c2ncnc(C)c2C)C3)c1C. The van der Waals surface area contributed by atoms with Crippen LogP contribution in [0.3, 0.4) is 0 Å². The number of fused-ring (bicyclic) bond motifs is 2. The molecule has 27 heavy (non-hydrogen) atoms. The third kappa shape index (κ3) is 3.30. The summed E-state index contributed by atoms with van der Waals surface area (Å²) in [6, 6.07) is 6.86. The first-order chi connectivity index (χ1) is 12.9. The highest BCUT2D eigenvalue weighted by Gasteiger charge is 2.45. The second kappa shape index (κ2) is 6.93. The molecule has 2 atom stereocenters. The molecule has 0 aliphatic carbocycles. The predicted octanol–water partition coefficient (Wildman–Crippen LogP) is 2.61. The molecular formula is C21H27N5O. The third-order valence-electron chi connectivity index (χ3n) is 6.16. The van der Waals surface area contributed by atoms with Gasteiger partial charge in [0.15, 0.2) is 0 Å². The molecule has 1 N–H and O–H groups in total. The molecule has 3 aliphatic rings. The van der Waals surface area contributed by atoms with Gasteiger partial charge >= 0.3 is 0 Å². The molecule has 3 fully saturated rings. The number of aryl methyl sites for hydroxylation is 2. The lowest BCUT2D eigenvalue weighted by Crippen LogP contribution is -2.70. The zero-order valence-corrected chi connectivity index (χ0v) is 16.5. The van der Waals surface area contributed by atoms with Crippen LogP contribution in [0.25, 0.3) is 0 Å². The maximum absolute atomic E-state index is 12.6. The van der Waals surface area contributed by atoms with Gasteiger partial charge in [0.05, 0.1) is 6.54 Å². The van der Waals surface area contributed by atoms with E-state index >= 15 is 0 Å². The van der Waals surface area contributed by atoms with E-state index in [0.29, 0.717) is 18.6 Å². The molecule has 5 rings (SSSR count). The smallest absolute Gasteiger partial charge is 0.238 e. The minimum Gasteiger partial charge on any atom is -0.353 e. The van der Waals surface area contributed by atoms with Crippen LogP contribution in [-0.4, -0.2) is 52.5 Å². The number of aromatic nitrogens is 2. The second-order valence-electron chi connectivity index (χ2n) is 7.82. The first-order valence-electron chi connectivity index (χ1n) is 9.59. The fourth-order valence-electron chi connectivity index (χ4n) is 4.20. The predicted molar refractivity (Wildman–Crippen MR) is 107 cm³/mol. The van der Waals surface area contributed by atoms with Gasteiger partial charge in [0.2, 0.25) is 5.91 Å². The normalized spacial score (nSPS) is 21.7. The number of nitrogens with one attached hydrogen (secondary N) is 1. The number of carbonyl (C=O) groups is 1. The quantitative estimate of drug-likeness (QED) is 0.902. The van der Waals surface area contributed by atoms with Crippen LogP contribution in [0.15, 0.2) is 24.5 Å². The van der Waals surface area contributed by atoms with Crippen LogP contribution in [0.4, 0.5) is 11.5 Å². The molecule has 2 aromatic rings. The molecule has 3 saturated heterocycles. The lowest BCUT2D eigenvalue weighted by Gasteiger charge is -2.56. The number of benzene rings is 1. The third-order valence-corrected chi connectivity index (χ3v) is 6.16. The minimum atomic E-state index is 0.0703. The summed E-state index contributed by atoms with van der Waals surface area (Å²) < 4.78 is 0. The number of anilines is 2. The standard InChI is InChI=1S/C21H27N5O/c1-13-6-5-7-19(14(13)2)24-20(27)11-26-17-8-18(26)10-25(9-17)21-15(3)16(4)22-12-23-21/h5-7,12,17-18H,8-11H2,1-4H3,(H,24,27).